The van der Waals surface area contributed by atoms with E-state index >= 15 is 0 Å². The van der Waals surface area contributed by atoms with Gasteiger partial charge < -0.3 is 20.5 Å². The maximum Gasteiger partial charge on any atom is 0.328 e. The Balaban J connectivity index is 2.38. The van der Waals surface area contributed by atoms with Crippen molar-refractivity contribution < 1.29 is 19.4 Å². The van der Waals surface area contributed by atoms with E-state index in [-0.39, 0.29) is 12.6 Å². The lowest BCUT2D eigenvalue weighted by molar-refractivity contribution is -0.140. The minimum Gasteiger partial charge on any atom is -0.480 e. The maximum atomic E-state index is 11.7. The molecule has 0 aromatic rings. The topological polar surface area (TPSA) is 87.7 Å². The predicted octanol–water partition coefficient (Wildman–Crippen LogP) is 1.35. The molecule has 0 aromatic carbocycles. The van der Waals surface area contributed by atoms with Gasteiger partial charge in [-0.3, -0.25) is 0 Å². The number of urea groups is 1. The van der Waals surface area contributed by atoms with Crippen molar-refractivity contribution in [3.05, 3.63) is 0 Å². The Hall–Kier alpha value is -1.30. The van der Waals surface area contributed by atoms with Crippen molar-refractivity contribution in [2.45, 2.75) is 51.1 Å². The van der Waals surface area contributed by atoms with Gasteiger partial charge in [-0.05, 0) is 25.7 Å². The standard InChI is InChI=1S/C13H24N2O4/c1-9(10-6-4-3-5-7-10)14-13(18)15-11(8-19-2)12(16)17/h9-11H,3-8H2,1-2H3,(H,16,17)(H2,14,15,18). The van der Waals surface area contributed by atoms with Gasteiger partial charge in [-0.1, -0.05) is 19.3 Å². The van der Waals surface area contributed by atoms with Gasteiger partial charge >= 0.3 is 12.0 Å². The molecule has 0 spiro atoms. The molecule has 19 heavy (non-hydrogen) atoms. The first kappa shape index (κ1) is 15.8. The average Bonchev–Trinajstić information content (AvgIpc) is 2.39. The first-order valence-electron chi connectivity index (χ1n) is 6.83. The lowest BCUT2D eigenvalue weighted by atomic mass is 9.85. The van der Waals surface area contributed by atoms with Crippen molar-refractivity contribution in [2.75, 3.05) is 13.7 Å². The summed E-state index contributed by atoms with van der Waals surface area (Å²) in [5, 5.41) is 14.2. The highest BCUT2D eigenvalue weighted by Gasteiger charge is 2.24. The maximum absolute atomic E-state index is 11.7. The van der Waals surface area contributed by atoms with Crippen LogP contribution in [0, 0.1) is 5.92 Å². The van der Waals surface area contributed by atoms with Crippen LogP contribution in [0.15, 0.2) is 0 Å². The summed E-state index contributed by atoms with van der Waals surface area (Å²) >= 11 is 0. The molecule has 2 atom stereocenters. The third-order valence-corrected chi connectivity index (χ3v) is 3.65. The zero-order valence-electron chi connectivity index (χ0n) is 11.6. The van der Waals surface area contributed by atoms with Gasteiger partial charge in [-0.15, -0.1) is 0 Å². The second-order valence-corrected chi connectivity index (χ2v) is 5.15. The minimum atomic E-state index is -1.10. The van der Waals surface area contributed by atoms with Gasteiger partial charge in [0.25, 0.3) is 0 Å². The first-order chi connectivity index (χ1) is 9.04. The number of amides is 2. The summed E-state index contributed by atoms with van der Waals surface area (Å²) in [6.07, 6.45) is 5.94. The summed E-state index contributed by atoms with van der Waals surface area (Å²) in [4.78, 5) is 22.6. The van der Waals surface area contributed by atoms with Gasteiger partial charge in [0.15, 0.2) is 6.04 Å². The van der Waals surface area contributed by atoms with Crippen molar-refractivity contribution in [3.8, 4) is 0 Å². The fourth-order valence-electron chi connectivity index (χ4n) is 2.50. The molecule has 0 radical (unpaired) electrons. The molecule has 2 unspecified atom stereocenters. The molecule has 1 rings (SSSR count). The van der Waals surface area contributed by atoms with Crippen LogP contribution in [0.5, 0.6) is 0 Å². The largest absolute Gasteiger partial charge is 0.480 e. The monoisotopic (exact) mass is 272 g/mol. The van der Waals surface area contributed by atoms with Crippen LogP contribution in [0.4, 0.5) is 4.79 Å². The first-order valence-corrected chi connectivity index (χ1v) is 6.83. The van der Waals surface area contributed by atoms with Crippen LogP contribution in [-0.2, 0) is 9.53 Å². The Kier molecular flexibility index (Phi) is 6.62. The molecule has 2 amide bonds. The van der Waals surface area contributed by atoms with Gasteiger partial charge in [0.1, 0.15) is 0 Å². The highest BCUT2D eigenvalue weighted by Crippen LogP contribution is 2.26. The highest BCUT2D eigenvalue weighted by atomic mass is 16.5. The summed E-state index contributed by atoms with van der Waals surface area (Å²) in [5.41, 5.74) is 0. The second kappa shape index (κ2) is 7.99. The number of aliphatic carboxylic acids is 1. The van der Waals surface area contributed by atoms with Crippen molar-refractivity contribution in [3.63, 3.8) is 0 Å². The number of hydrogen-bond acceptors (Lipinski definition) is 3. The fraction of sp³-hybridized carbons (Fsp3) is 0.846. The number of carbonyl (C=O) groups excluding carboxylic acids is 1. The molecule has 6 heteroatoms. The highest BCUT2D eigenvalue weighted by molar-refractivity contribution is 5.82. The molecular weight excluding hydrogens is 248 g/mol. The van der Waals surface area contributed by atoms with Crippen LogP contribution < -0.4 is 10.6 Å². The van der Waals surface area contributed by atoms with Gasteiger partial charge in [0.2, 0.25) is 0 Å². The smallest absolute Gasteiger partial charge is 0.328 e. The molecule has 0 saturated heterocycles. The zero-order valence-corrected chi connectivity index (χ0v) is 11.6. The molecular formula is C13H24N2O4. The van der Waals surface area contributed by atoms with Crippen molar-refractivity contribution >= 4 is 12.0 Å². The van der Waals surface area contributed by atoms with E-state index in [1.54, 1.807) is 0 Å². The van der Waals surface area contributed by atoms with E-state index in [1.165, 1.54) is 26.4 Å². The van der Waals surface area contributed by atoms with Crippen molar-refractivity contribution in [1.29, 1.82) is 0 Å². The van der Waals surface area contributed by atoms with Crippen LogP contribution in [-0.4, -0.2) is 42.9 Å². The lowest BCUT2D eigenvalue weighted by Crippen LogP contribution is -2.51. The predicted molar refractivity (Wildman–Crippen MR) is 71.0 cm³/mol. The molecule has 0 heterocycles. The molecule has 110 valence electrons. The minimum absolute atomic E-state index is 0.0411. The van der Waals surface area contributed by atoms with Crippen molar-refractivity contribution in [1.82, 2.24) is 10.6 Å². The van der Waals surface area contributed by atoms with Gasteiger partial charge in [0.05, 0.1) is 6.61 Å². The number of carboxylic acid groups (broad SMARTS) is 1. The number of nitrogens with one attached hydrogen (secondary N) is 2. The van der Waals surface area contributed by atoms with E-state index in [4.69, 9.17) is 9.84 Å². The summed E-state index contributed by atoms with van der Waals surface area (Å²) in [5.74, 6) is -0.604. The Bertz CT molecular complexity index is 303. The van der Waals surface area contributed by atoms with Crippen LogP contribution >= 0.6 is 0 Å². The number of methoxy groups -OCH3 is 1. The van der Waals surface area contributed by atoms with Gasteiger partial charge in [-0.2, -0.15) is 0 Å². The Morgan fingerprint density at radius 3 is 2.42 bits per heavy atom. The molecule has 0 bridgehead atoms. The summed E-state index contributed by atoms with van der Waals surface area (Å²) < 4.78 is 4.76. The average molecular weight is 272 g/mol. The Morgan fingerprint density at radius 1 is 1.26 bits per heavy atom. The van der Waals surface area contributed by atoms with E-state index in [1.807, 2.05) is 6.92 Å². The van der Waals surface area contributed by atoms with Crippen LogP contribution in [0.2, 0.25) is 0 Å². The SMILES string of the molecule is COCC(NC(=O)NC(C)C1CCCCC1)C(=O)O. The third-order valence-electron chi connectivity index (χ3n) is 3.65. The summed E-state index contributed by atoms with van der Waals surface area (Å²) in [7, 11) is 1.40. The number of carboxylic acids is 1. The molecule has 1 aliphatic carbocycles. The van der Waals surface area contributed by atoms with Gasteiger partial charge in [0, 0.05) is 13.2 Å². The molecule has 3 N–H and O–H groups in total. The van der Waals surface area contributed by atoms with Gasteiger partial charge in [-0.25, -0.2) is 9.59 Å². The number of carbonyl (C=O) groups is 2. The third kappa shape index (κ3) is 5.46. The van der Waals surface area contributed by atoms with E-state index in [0.717, 1.165) is 12.8 Å². The van der Waals surface area contributed by atoms with E-state index in [2.05, 4.69) is 10.6 Å². The van der Waals surface area contributed by atoms with Crippen molar-refractivity contribution in [2.24, 2.45) is 5.92 Å². The molecule has 1 fully saturated rings. The number of hydrogen-bond donors (Lipinski definition) is 3. The molecule has 1 saturated carbocycles. The molecule has 6 nitrogen and oxygen atoms in total. The normalized spacial score (nSPS) is 19.5. The van der Waals surface area contributed by atoms with E-state index in [9.17, 15) is 9.59 Å². The number of ether oxygens (including phenoxy) is 1. The zero-order chi connectivity index (χ0) is 14.3. The lowest BCUT2D eigenvalue weighted by Gasteiger charge is -2.28. The van der Waals surface area contributed by atoms with Crippen LogP contribution in [0.1, 0.15) is 39.0 Å². The second-order valence-electron chi connectivity index (χ2n) is 5.15. The quantitative estimate of drug-likeness (QED) is 0.681. The fourth-order valence-corrected chi connectivity index (χ4v) is 2.50. The van der Waals surface area contributed by atoms with Crippen LogP contribution in [0.3, 0.4) is 0 Å². The van der Waals surface area contributed by atoms with Crippen LogP contribution in [0.25, 0.3) is 0 Å². The molecule has 0 aromatic heterocycles. The molecule has 0 aliphatic heterocycles. The van der Waals surface area contributed by atoms with E-state index < -0.39 is 18.0 Å². The Labute approximate surface area is 113 Å². The number of rotatable bonds is 6. The summed E-state index contributed by atoms with van der Waals surface area (Å²) in [6.45, 7) is 1.93. The van der Waals surface area contributed by atoms with E-state index in [0.29, 0.717) is 5.92 Å². The Morgan fingerprint density at radius 2 is 1.89 bits per heavy atom. The summed E-state index contributed by atoms with van der Waals surface area (Å²) in [6, 6.07) is -1.39. The molecule has 1 aliphatic rings.